The Balaban J connectivity index is 1.40. The number of hydrogen-bond donors (Lipinski definition) is 1. The fraction of sp³-hybridized carbons (Fsp3) is 0.344. The lowest BCUT2D eigenvalue weighted by Crippen LogP contribution is -2.47. The number of nitrogens with zero attached hydrogens (tertiary/aromatic N) is 2. The van der Waals surface area contributed by atoms with Gasteiger partial charge in [-0.05, 0) is 95.7 Å². The highest BCUT2D eigenvalue weighted by atomic mass is 35.5. The first kappa shape index (κ1) is 34.0. The van der Waals surface area contributed by atoms with Crippen LogP contribution in [0.3, 0.4) is 0 Å². The molecular weight excluding hydrogens is 641 g/mol. The summed E-state index contributed by atoms with van der Waals surface area (Å²) >= 11 is 17.8. The average molecular weight is 675 g/mol. The second kappa shape index (κ2) is 13.6. The van der Waals surface area contributed by atoms with Crippen LogP contribution in [0.15, 0.2) is 54.7 Å². The zero-order valence-corrected chi connectivity index (χ0v) is 27.9. The van der Waals surface area contributed by atoms with Crippen molar-refractivity contribution in [1.29, 1.82) is 0 Å². The van der Waals surface area contributed by atoms with Gasteiger partial charge in [0.2, 0.25) is 0 Å². The SMILES string of the molecule is CC(C)(C)OC(=O)NC(Cc1ccc(OC(=O)c2ccc(N3Cc4cc(Cl)cc(Cl)c4OC3=S)cn2)cc1)C(=O)OC(C)(C)C. The quantitative estimate of drug-likeness (QED) is 0.159. The number of pyridine rings is 1. The summed E-state index contributed by atoms with van der Waals surface area (Å²) in [6.07, 6.45) is 0.868. The van der Waals surface area contributed by atoms with Crippen LogP contribution in [0.5, 0.6) is 11.5 Å². The molecule has 10 nitrogen and oxygen atoms in total. The Hall–Kier alpha value is -3.93. The first-order chi connectivity index (χ1) is 21.0. The molecule has 1 aliphatic rings. The molecule has 1 N–H and O–H groups in total. The summed E-state index contributed by atoms with van der Waals surface area (Å²) < 4.78 is 22.0. The van der Waals surface area contributed by atoms with E-state index >= 15 is 0 Å². The van der Waals surface area contributed by atoms with Gasteiger partial charge < -0.3 is 24.3 Å². The van der Waals surface area contributed by atoms with E-state index < -0.39 is 35.3 Å². The Morgan fingerprint density at radius 1 is 1.00 bits per heavy atom. The zero-order valence-electron chi connectivity index (χ0n) is 25.6. The van der Waals surface area contributed by atoms with Gasteiger partial charge in [0.15, 0.2) is 5.75 Å². The molecule has 1 atom stereocenters. The minimum absolute atomic E-state index is 0.0738. The van der Waals surface area contributed by atoms with Gasteiger partial charge in [-0.25, -0.2) is 19.4 Å². The lowest BCUT2D eigenvalue weighted by atomic mass is 10.1. The molecule has 1 aliphatic heterocycles. The number of hydrogen-bond acceptors (Lipinski definition) is 9. The van der Waals surface area contributed by atoms with E-state index in [9.17, 15) is 14.4 Å². The number of carbonyl (C=O) groups excluding carboxylic acids is 3. The summed E-state index contributed by atoms with van der Waals surface area (Å²) in [6.45, 7) is 10.8. The Morgan fingerprint density at radius 2 is 1.67 bits per heavy atom. The predicted octanol–water partition coefficient (Wildman–Crippen LogP) is 7.07. The third-order valence-electron chi connectivity index (χ3n) is 6.05. The lowest BCUT2D eigenvalue weighted by molar-refractivity contribution is -0.157. The van der Waals surface area contributed by atoms with Crippen LogP contribution in [0.25, 0.3) is 0 Å². The van der Waals surface area contributed by atoms with Gasteiger partial charge in [0.05, 0.1) is 23.5 Å². The highest BCUT2D eigenvalue weighted by Crippen LogP contribution is 2.37. The van der Waals surface area contributed by atoms with E-state index in [1.807, 2.05) is 0 Å². The lowest BCUT2D eigenvalue weighted by Gasteiger charge is -2.30. The fourth-order valence-electron chi connectivity index (χ4n) is 4.19. The maximum absolute atomic E-state index is 12.9. The van der Waals surface area contributed by atoms with Crippen molar-refractivity contribution in [1.82, 2.24) is 10.3 Å². The van der Waals surface area contributed by atoms with Crippen LogP contribution in [0.4, 0.5) is 10.5 Å². The number of rotatable bonds is 7. The van der Waals surface area contributed by atoms with Gasteiger partial charge in [0.25, 0.3) is 5.17 Å². The van der Waals surface area contributed by atoms with E-state index in [0.717, 1.165) is 5.56 Å². The molecular formula is C32H33Cl2N3O7S. The molecule has 0 aliphatic carbocycles. The molecule has 45 heavy (non-hydrogen) atoms. The van der Waals surface area contributed by atoms with Gasteiger partial charge in [-0.2, -0.15) is 0 Å². The molecule has 4 rings (SSSR count). The number of aromatic nitrogens is 1. The number of thiocarbonyl (C=S) groups is 1. The zero-order chi connectivity index (χ0) is 33.1. The van der Waals surface area contributed by atoms with E-state index in [1.165, 1.54) is 12.3 Å². The number of alkyl carbamates (subject to hydrolysis) is 1. The minimum atomic E-state index is -1.00. The smallest absolute Gasteiger partial charge is 0.408 e. The van der Waals surface area contributed by atoms with Crippen molar-refractivity contribution in [3.05, 3.63) is 81.6 Å². The number of amides is 1. The molecule has 13 heteroatoms. The monoisotopic (exact) mass is 673 g/mol. The van der Waals surface area contributed by atoms with Gasteiger partial charge >= 0.3 is 18.0 Å². The molecule has 0 saturated carbocycles. The molecule has 0 bridgehead atoms. The number of halogens is 2. The number of fused-ring (bicyclic) bond motifs is 1. The van der Waals surface area contributed by atoms with E-state index in [1.54, 1.807) is 88.9 Å². The number of nitrogens with one attached hydrogen (secondary N) is 1. The van der Waals surface area contributed by atoms with Gasteiger partial charge in [0, 0.05) is 17.0 Å². The summed E-state index contributed by atoms with van der Waals surface area (Å²) in [4.78, 5) is 44.0. The van der Waals surface area contributed by atoms with Crippen molar-refractivity contribution in [2.75, 3.05) is 4.90 Å². The predicted molar refractivity (Wildman–Crippen MR) is 174 cm³/mol. The van der Waals surface area contributed by atoms with Crippen LogP contribution in [-0.4, -0.2) is 45.4 Å². The summed E-state index contributed by atoms with van der Waals surface area (Å²) in [5, 5.41) is 3.61. The third-order valence-corrected chi connectivity index (χ3v) is 6.85. The van der Waals surface area contributed by atoms with E-state index in [0.29, 0.717) is 33.6 Å². The maximum Gasteiger partial charge on any atom is 0.408 e. The van der Waals surface area contributed by atoms with E-state index in [2.05, 4.69) is 10.3 Å². The van der Waals surface area contributed by atoms with Crippen molar-refractivity contribution in [3.8, 4) is 11.5 Å². The summed E-state index contributed by atoms with van der Waals surface area (Å²) in [5.74, 6) is -0.554. The van der Waals surface area contributed by atoms with Gasteiger partial charge in [-0.15, -0.1) is 0 Å². The topological polar surface area (TPSA) is 116 Å². The number of esters is 2. The molecule has 2 heterocycles. The molecule has 0 radical (unpaired) electrons. The number of anilines is 1. The van der Waals surface area contributed by atoms with Crippen LogP contribution in [0, 0.1) is 0 Å². The Kier molecular flexibility index (Phi) is 10.3. The molecule has 0 spiro atoms. The fourth-order valence-corrected chi connectivity index (χ4v) is 5.02. The molecule has 0 fully saturated rings. The Labute approximate surface area is 276 Å². The minimum Gasteiger partial charge on any atom is -0.458 e. The second-order valence-electron chi connectivity index (χ2n) is 12.2. The first-order valence-corrected chi connectivity index (χ1v) is 15.1. The Morgan fingerprint density at radius 3 is 2.27 bits per heavy atom. The molecule has 1 aromatic heterocycles. The molecule has 1 amide bonds. The summed E-state index contributed by atoms with van der Waals surface area (Å²) in [5.41, 5.74) is 0.621. The Bertz CT molecular complexity index is 1600. The van der Waals surface area contributed by atoms with Gasteiger partial charge in [-0.3, -0.25) is 4.90 Å². The normalized spacial score (nSPS) is 13.7. The van der Waals surface area contributed by atoms with E-state index in [4.69, 9.17) is 54.4 Å². The van der Waals surface area contributed by atoms with Crippen molar-refractivity contribution < 1.29 is 33.3 Å². The molecule has 0 saturated heterocycles. The summed E-state index contributed by atoms with van der Waals surface area (Å²) in [6, 6.07) is 12.0. The van der Waals surface area contributed by atoms with Crippen molar-refractivity contribution in [2.24, 2.45) is 0 Å². The van der Waals surface area contributed by atoms with Gasteiger partial charge in [-0.1, -0.05) is 35.3 Å². The average Bonchev–Trinajstić information content (AvgIpc) is 2.92. The largest absolute Gasteiger partial charge is 0.458 e. The maximum atomic E-state index is 12.9. The van der Waals surface area contributed by atoms with Crippen molar-refractivity contribution in [2.45, 2.75) is 71.8 Å². The molecule has 1 unspecified atom stereocenters. The van der Waals surface area contributed by atoms with Crippen molar-refractivity contribution in [3.63, 3.8) is 0 Å². The second-order valence-corrected chi connectivity index (χ2v) is 13.4. The molecule has 3 aromatic rings. The van der Waals surface area contributed by atoms with Crippen LogP contribution in [0.1, 0.15) is 63.2 Å². The summed E-state index contributed by atoms with van der Waals surface area (Å²) in [7, 11) is 0. The number of benzene rings is 2. The van der Waals surface area contributed by atoms with Crippen LogP contribution < -0.4 is 19.7 Å². The third kappa shape index (κ3) is 9.53. The van der Waals surface area contributed by atoms with Gasteiger partial charge in [0.1, 0.15) is 28.7 Å². The first-order valence-electron chi connectivity index (χ1n) is 13.9. The van der Waals surface area contributed by atoms with Crippen LogP contribution >= 0.6 is 35.4 Å². The standard InChI is InChI=1S/C32H33Cl2N3O7S/c1-31(2,3)43-28(39)25(36-29(40)44-32(4,5)6)13-18-7-10-22(11-8-18)41-27(38)24-12-9-21(16-35-24)37-17-19-14-20(33)15-23(34)26(19)42-30(37)45/h7-12,14-16,25H,13,17H2,1-6H3,(H,36,40). The van der Waals surface area contributed by atoms with Crippen molar-refractivity contribution >= 4 is 64.3 Å². The van der Waals surface area contributed by atoms with Crippen LogP contribution in [-0.2, 0) is 27.2 Å². The highest BCUT2D eigenvalue weighted by molar-refractivity contribution is 7.80. The van der Waals surface area contributed by atoms with E-state index in [-0.39, 0.29) is 23.0 Å². The van der Waals surface area contributed by atoms with Crippen LogP contribution in [0.2, 0.25) is 10.0 Å². The molecule has 238 valence electrons. The number of carbonyl (C=O) groups is 3. The highest BCUT2D eigenvalue weighted by Gasteiger charge is 2.29. The number of ether oxygens (including phenoxy) is 4. The molecule has 2 aromatic carbocycles.